The third-order valence-corrected chi connectivity index (χ3v) is 8.72. The minimum Gasteiger partial charge on any atom is -0.356 e. The number of nitrogens with zero attached hydrogens (tertiary/aromatic N) is 4. The van der Waals surface area contributed by atoms with E-state index in [1.807, 2.05) is 23.6 Å². The number of thioether (sulfide) groups is 2. The number of hydrogen-bond acceptors (Lipinski definition) is 8. The number of pyridine rings is 1. The van der Waals surface area contributed by atoms with Crippen LogP contribution in [0.5, 0.6) is 0 Å². The summed E-state index contributed by atoms with van der Waals surface area (Å²) in [4.78, 5) is 27.0. The normalized spacial score (nSPS) is 21.1. The Labute approximate surface area is 193 Å². The molecule has 160 valence electrons. The number of aromatic nitrogens is 3. The average Bonchev–Trinajstić information content (AvgIpc) is 3.15. The van der Waals surface area contributed by atoms with Gasteiger partial charge in [-0.25, -0.2) is 0 Å². The zero-order chi connectivity index (χ0) is 21.3. The van der Waals surface area contributed by atoms with E-state index in [9.17, 15) is 9.59 Å². The maximum atomic E-state index is 12.6. The maximum absolute atomic E-state index is 12.6. The van der Waals surface area contributed by atoms with Crippen molar-refractivity contribution in [3.05, 3.63) is 34.2 Å². The van der Waals surface area contributed by atoms with Crippen molar-refractivity contribution >= 4 is 62.4 Å². The van der Waals surface area contributed by atoms with Crippen molar-refractivity contribution < 1.29 is 4.79 Å². The summed E-state index contributed by atoms with van der Waals surface area (Å²) in [5, 5.41) is 11.1. The number of carbonyl (C=O) groups excluding carboxylic acids is 1. The summed E-state index contributed by atoms with van der Waals surface area (Å²) >= 11 is 10.1. The van der Waals surface area contributed by atoms with Gasteiger partial charge in [0, 0.05) is 37.3 Å². The van der Waals surface area contributed by atoms with E-state index in [-0.39, 0.29) is 16.7 Å². The highest BCUT2D eigenvalue weighted by Gasteiger charge is 2.36. The van der Waals surface area contributed by atoms with Gasteiger partial charge in [0.15, 0.2) is 4.34 Å². The SMILES string of the molecule is CCSc1nnc(NC(=O)[C@@H](C)SC(=S)N2C[C@@H]3C[C@@H](C2)c2cccc(=O)n2C3)s1. The van der Waals surface area contributed by atoms with Gasteiger partial charge in [0.25, 0.3) is 5.56 Å². The van der Waals surface area contributed by atoms with Crippen LogP contribution in [0.3, 0.4) is 0 Å². The van der Waals surface area contributed by atoms with Crippen LogP contribution >= 0.6 is 47.1 Å². The number of likely N-dealkylation sites (tertiary alicyclic amines) is 1. The Bertz CT molecular complexity index is 1010. The largest absolute Gasteiger partial charge is 0.356 e. The fourth-order valence-electron chi connectivity index (χ4n) is 3.97. The van der Waals surface area contributed by atoms with Crippen LogP contribution in [0.4, 0.5) is 5.13 Å². The lowest BCUT2D eigenvalue weighted by atomic mass is 9.83. The molecule has 2 aromatic rings. The minimum absolute atomic E-state index is 0.0788. The molecule has 1 fully saturated rings. The topological polar surface area (TPSA) is 80.1 Å². The number of anilines is 1. The third-order valence-electron chi connectivity index (χ3n) is 5.29. The Morgan fingerprint density at radius 2 is 2.20 bits per heavy atom. The van der Waals surface area contributed by atoms with Crippen molar-refractivity contribution in [2.24, 2.45) is 5.92 Å². The number of rotatable bonds is 5. The highest BCUT2D eigenvalue weighted by Crippen LogP contribution is 2.36. The van der Waals surface area contributed by atoms with Crippen LogP contribution in [0.2, 0.25) is 0 Å². The first-order valence-corrected chi connectivity index (χ1v) is 13.0. The zero-order valence-corrected chi connectivity index (χ0v) is 20.0. The minimum atomic E-state index is -0.333. The first-order valence-electron chi connectivity index (χ1n) is 9.87. The standard InChI is InChI=1S/C19H23N5O2S4/c1-3-28-18-22-21-17(30-18)20-16(26)11(2)29-19(27)23-8-12-7-13(10-23)14-5-4-6-15(25)24(14)9-12/h4-6,11-13H,3,7-10H2,1-2H3,(H,20,21,26)/t11-,12+,13+/m1/s1. The second-order valence-electron chi connectivity index (χ2n) is 7.42. The fraction of sp³-hybridized carbons (Fsp3) is 0.526. The van der Waals surface area contributed by atoms with E-state index < -0.39 is 0 Å². The first-order chi connectivity index (χ1) is 14.4. The smallest absolute Gasteiger partial charge is 0.250 e. The average molecular weight is 482 g/mol. The maximum Gasteiger partial charge on any atom is 0.250 e. The lowest BCUT2D eigenvalue weighted by molar-refractivity contribution is -0.115. The second-order valence-corrected chi connectivity index (χ2v) is 11.9. The molecule has 2 aliphatic heterocycles. The Hall–Kier alpha value is -1.43. The summed E-state index contributed by atoms with van der Waals surface area (Å²) in [7, 11) is 0. The van der Waals surface area contributed by atoms with E-state index in [1.165, 1.54) is 23.1 Å². The van der Waals surface area contributed by atoms with E-state index in [0.29, 0.717) is 17.0 Å². The summed E-state index contributed by atoms with van der Waals surface area (Å²) in [5.41, 5.74) is 1.18. The van der Waals surface area contributed by atoms with Gasteiger partial charge < -0.3 is 9.47 Å². The van der Waals surface area contributed by atoms with Crippen molar-refractivity contribution in [3.63, 3.8) is 0 Å². The number of thiocarbonyl (C=S) groups is 1. The molecular formula is C19H23N5O2S4. The number of piperidine rings is 1. The van der Waals surface area contributed by atoms with Crippen molar-refractivity contribution in [3.8, 4) is 0 Å². The van der Waals surface area contributed by atoms with Gasteiger partial charge in [0.05, 0.1) is 5.25 Å². The van der Waals surface area contributed by atoms with Gasteiger partial charge in [-0.15, -0.1) is 10.2 Å². The number of carbonyl (C=O) groups is 1. The van der Waals surface area contributed by atoms with Crippen LogP contribution in [-0.2, 0) is 11.3 Å². The Balaban J connectivity index is 1.36. The molecular weight excluding hydrogens is 459 g/mol. The molecule has 7 nitrogen and oxygen atoms in total. The molecule has 0 aromatic carbocycles. The molecule has 4 heterocycles. The second kappa shape index (κ2) is 9.37. The molecule has 0 radical (unpaired) electrons. The number of fused-ring (bicyclic) bond motifs is 4. The quantitative estimate of drug-likeness (QED) is 0.396. The Morgan fingerprint density at radius 3 is 3.00 bits per heavy atom. The molecule has 30 heavy (non-hydrogen) atoms. The van der Waals surface area contributed by atoms with Gasteiger partial charge in [-0.1, -0.05) is 60.1 Å². The molecule has 11 heteroatoms. The fourth-order valence-corrected chi connectivity index (χ4v) is 6.97. The van der Waals surface area contributed by atoms with Crippen LogP contribution < -0.4 is 10.9 Å². The summed E-state index contributed by atoms with van der Waals surface area (Å²) in [6, 6.07) is 5.51. The highest BCUT2D eigenvalue weighted by atomic mass is 32.2. The summed E-state index contributed by atoms with van der Waals surface area (Å²) in [5.74, 6) is 1.49. The highest BCUT2D eigenvalue weighted by molar-refractivity contribution is 8.23. The molecule has 2 bridgehead atoms. The van der Waals surface area contributed by atoms with E-state index in [0.717, 1.165) is 46.2 Å². The molecule has 1 saturated heterocycles. The van der Waals surface area contributed by atoms with Crippen molar-refractivity contribution in [1.29, 1.82) is 0 Å². The van der Waals surface area contributed by atoms with E-state index >= 15 is 0 Å². The number of hydrogen-bond donors (Lipinski definition) is 1. The Morgan fingerprint density at radius 1 is 1.37 bits per heavy atom. The van der Waals surface area contributed by atoms with Gasteiger partial charge in [-0.2, -0.15) is 0 Å². The molecule has 3 atom stereocenters. The van der Waals surface area contributed by atoms with E-state index in [2.05, 4.69) is 27.3 Å². The van der Waals surface area contributed by atoms with Gasteiger partial charge >= 0.3 is 0 Å². The van der Waals surface area contributed by atoms with Crippen LogP contribution in [0, 0.1) is 5.92 Å². The summed E-state index contributed by atoms with van der Waals surface area (Å²) < 4.78 is 3.50. The lowest BCUT2D eigenvalue weighted by Gasteiger charge is -2.43. The number of amides is 1. The first kappa shape index (κ1) is 21.8. The summed E-state index contributed by atoms with van der Waals surface area (Å²) in [6.45, 7) is 6.25. The predicted octanol–water partition coefficient (Wildman–Crippen LogP) is 3.28. The van der Waals surface area contributed by atoms with Crippen molar-refractivity contribution in [1.82, 2.24) is 19.7 Å². The van der Waals surface area contributed by atoms with Crippen molar-refractivity contribution in [2.75, 3.05) is 24.2 Å². The molecule has 4 rings (SSSR count). The van der Waals surface area contributed by atoms with Gasteiger partial charge in [0.2, 0.25) is 11.0 Å². The predicted molar refractivity (Wildman–Crippen MR) is 128 cm³/mol. The molecule has 0 spiro atoms. The molecule has 0 unspecified atom stereocenters. The zero-order valence-electron chi connectivity index (χ0n) is 16.7. The van der Waals surface area contributed by atoms with Crippen LogP contribution in [0.1, 0.15) is 31.9 Å². The molecule has 1 N–H and O–H groups in total. The van der Waals surface area contributed by atoms with E-state index in [1.54, 1.807) is 17.8 Å². The lowest BCUT2D eigenvalue weighted by Crippen LogP contribution is -2.48. The monoisotopic (exact) mass is 481 g/mol. The molecule has 2 aromatic heterocycles. The summed E-state index contributed by atoms with van der Waals surface area (Å²) in [6.07, 6.45) is 1.08. The van der Waals surface area contributed by atoms with E-state index in [4.69, 9.17) is 12.2 Å². The molecule has 2 aliphatic rings. The van der Waals surface area contributed by atoms with Gasteiger partial charge in [-0.05, 0) is 31.1 Å². The number of nitrogens with one attached hydrogen (secondary N) is 1. The van der Waals surface area contributed by atoms with Gasteiger partial charge in [0.1, 0.15) is 4.32 Å². The third kappa shape index (κ3) is 4.74. The van der Waals surface area contributed by atoms with Crippen LogP contribution in [0.15, 0.2) is 27.3 Å². The van der Waals surface area contributed by atoms with Crippen LogP contribution in [0.25, 0.3) is 0 Å². The Kier molecular flexibility index (Phi) is 6.81. The molecule has 0 saturated carbocycles. The molecule has 1 amide bonds. The van der Waals surface area contributed by atoms with Crippen molar-refractivity contribution in [2.45, 2.75) is 42.3 Å². The van der Waals surface area contributed by atoms with Gasteiger partial charge in [-0.3, -0.25) is 14.9 Å². The molecule has 0 aliphatic carbocycles. The van der Waals surface area contributed by atoms with Crippen LogP contribution in [-0.4, -0.2) is 54.0 Å².